The molecule has 2 heterocycles. The zero-order valence-electron chi connectivity index (χ0n) is 14.5. The average molecular weight is 383 g/mol. The zero-order chi connectivity index (χ0) is 18.5. The lowest BCUT2D eigenvalue weighted by Gasteiger charge is -2.09. The van der Waals surface area contributed by atoms with Crippen molar-refractivity contribution in [3.05, 3.63) is 52.6 Å². The SMILES string of the molecule is CCn1c(-c2ccccc2)cnc1SCC(=O)[C@@H](C#N)c1nc(C)cs1. The fourth-order valence-electron chi connectivity index (χ4n) is 2.61. The second-order valence-electron chi connectivity index (χ2n) is 5.68. The van der Waals surface area contributed by atoms with Crippen molar-refractivity contribution >= 4 is 28.9 Å². The average Bonchev–Trinajstić information content (AvgIpc) is 3.27. The molecule has 0 amide bonds. The molecule has 2 aromatic heterocycles. The number of ketones is 1. The van der Waals surface area contributed by atoms with Crippen molar-refractivity contribution in [3.63, 3.8) is 0 Å². The maximum Gasteiger partial charge on any atom is 0.168 e. The molecule has 132 valence electrons. The standard InChI is InChI=1S/C19H18N4OS2/c1-3-23-16(14-7-5-4-6-8-14)10-21-19(23)26-12-17(24)15(9-20)18-22-13(2)11-25-18/h4-8,10-11,15H,3,12H2,1-2H3/t15-/m1/s1. The predicted octanol–water partition coefficient (Wildman–Crippen LogP) is 4.30. The third-order valence-electron chi connectivity index (χ3n) is 3.88. The highest BCUT2D eigenvalue weighted by Crippen LogP contribution is 2.28. The number of thioether (sulfide) groups is 1. The van der Waals surface area contributed by atoms with E-state index in [1.807, 2.05) is 48.8 Å². The highest BCUT2D eigenvalue weighted by atomic mass is 32.2. The van der Waals surface area contributed by atoms with Crippen LogP contribution in [-0.2, 0) is 11.3 Å². The molecule has 3 rings (SSSR count). The maximum atomic E-state index is 12.5. The normalized spacial score (nSPS) is 11.9. The van der Waals surface area contributed by atoms with Gasteiger partial charge >= 0.3 is 0 Å². The lowest BCUT2D eigenvalue weighted by atomic mass is 10.1. The summed E-state index contributed by atoms with van der Waals surface area (Å²) in [6.07, 6.45) is 1.83. The Labute approximate surface area is 160 Å². The summed E-state index contributed by atoms with van der Waals surface area (Å²) in [5, 5.41) is 12.6. The molecule has 0 aliphatic carbocycles. The number of carbonyl (C=O) groups excluding carboxylic acids is 1. The number of aromatic nitrogens is 3. The van der Waals surface area contributed by atoms with E-state index in [9.17, 15) is 10.1 Å². The lowest BCUT2D eigenvalue weighted by Crippen LogP contribution is -2.13. The summed E-state index contributed by atoms with van der Waals surface area (Å²) >= 11 is 2.73. The van der Waals surface area contributed by atoms with E-state index in [1.165, 1.54) is 23.1 Å². The number of nitrogens with zero attached hydrogens (tertiary/aromatic N) is 4. The molecule has 5 nitrogen and oxygen atoms in total. The molecular formula is C19H18N4OS2. The van der Waals surface area contributed by atoms with Gasteiger partial charge in [-0.15, -0.1) is 11.3 Å². The van der Waals surface area contributed by atoms with Gasteiger partial charge in [0.2, 0.25) is 0 Å². The minimum atomic E-state index is -0.806. The van der Waals surface area contributed by atoms with E-state index >= 15 is 0 Å². The van der Waals surface area contributed by atoms with Crippen molar-refractivity contribution in [2.24, 2.45) is 0 Å². The molecule has 7 heteroatoms. The van der Waals surface area contributed by atoms with Gasteiger partial charge in [-0.2, -0.15) is 5.26 Å². The molecule has 0 radical (unpaired) electrons. The second kappa shape index (κ2) is 8.30. The minimum absolute atomic E-state index is 0.140. The third-order valence-corrected chi connectivity index (χ3v) is 5.92. The van der Waals surface area contributed by atoms with Gasteiger partial charge in [0.25, 0.3) is 0 Å². The van der Waals surface area contributed by atoms with E-state index in [4.69, 9.17) is 0 Å². The van der Waals surface area contributed by atoms with Gasteiger partial charge in [-0.25, -0.2) is 9.97 Å². The Balaban J connectivity index is 1.74. The fraction of sp³-hybridized carbons (Fsp3) is 0.263. The molecule has 26 heavy (non-hydrogen) atoms. The Kier molecular flexibility index (Phi) is 5.86. The summed E-state index contributed by atoms with van der Waals surface area (Å²) in [5.41, 5.74) is 2.95. The van der Waals surface area contributed by atoms with E-state index in [1.54, 1.807) is 0 Å². The smallest absolute Gasteiger partial charge is 0.168 e. The Morgan fingerprint density at radius 1 is 1.38 bits per heavy atom. The molecule has 0 N–H and O–H groups in total. The summed E-state index contributed by atoms with van der Waals surface area (Å²) in [6.45, 7) is 4.67. The minimum Gasteiger partial charge on any atom is -0.319 e. The van der Waals surface area contributed by atoms with E-state index < -0.39 is 5.92 Å². The largest absolute Gasteiger partial charge is 0.319 e. The highest BCUT2D eigenvalue weighted by Gasteiger charge is 2.24. The Morgan fingerprint density at radius 3 is 2.77 bits per heavy atom. The number of benzene rings is 1. The number of imidazole rings is 1. The quantitative estimate of drug-likeness (QED) is 0.570. The number of Topliss-reactive ketones (excluding diaryl/α,β-unsaturated/α-hetero) is 1. The molecule has 1 atom stereocenters. The van der Waals surface area contributed by atoms with Gasteiger partial charge in [0.15, 0.2) is 16.9 Å². The van der Waals surface area contributed by atoms with Gasteiger partial charge < -0.3 is 4.57 Å². The summed E-state index contributed by atoms with van der Waals surface area (Å²) in [6, 6.07) is 12.1. The molecule has 0 unspecified atom stereocenters. The molecule has 0 aliphatic rings. The molecule has 1 aromatic carbocycles. The number of aryl methyl sites for hydroxylation is 1. The zero-order valence-corrected chi connectivity index (χ0v) is 16.2. The van der Waals surface area contributed by atoms with Crippen molar-refractivity contribution in [1.82, 2.24) is 14.5 Å². The molecule has 0 bridgehead atoms. The van der Waals surface area contributed by atoms with E-state index in [-0.39, 0.29) is 11.5 Å². The number of rotatable bonds is 7. The summed E-state index contributed by atoms with van der Waals surface area (Å²) in [4.78, 5) is 21.3. The number of carbonyl (C=O) groups is 1. The van der Waals surface area contributed by atoms with Crippen LogP contribution in [0.4, 0.5) is 0 Å². The number of thiazole rings is 1. The monoisotopic (exact) mass is 382 g/mol. The third kappa shape index (κ3) is 3.87. The van der Waals surface area contributed by atoms with Gasteiger partial charge in [0, 0.05) is 17.6 Å². The molecule has 0 saturated heterocycles. The van der Waals surface area contributed by atoms with E-state index in [2.05, 4.69) is 27.5 Å². The second-order valence-corrected chi connectivity index (χ2v) is 7.51. The van der Waals surface area contributed by atoms with Crippen LogP contribution in [0.3, 0.4) is 0 Å². The lowest BCUT2D eigenvalue weighted by molar-refractivity contribution is -0.116. The molecule has 3 aromatic rings. The number of nitriles is 1. The van der Waals surface area contributed by atoms with Crippen LogP contribution in [0.25, 0.3) is 11.3 Å². The van der Waals surface area contributed by atoms with Crippen LogP contribution in [0, 0.1) is 18.3 Å². The predicted molar refractivity (Wildman–Crippen MR) is 104 cm³/mol. The van der Waals surface area contributed by atoms with Crippen LogP contribution in [0.2, 0.25) is 0 Å². The topological polar surface area (TPSA) is 71.6 Å². The number of hydrogen-bond acceptors (Lipinski definition) is 6. The maximum absolute atomic E-state index is 12.5. The Hall–Kier alpha value is -2.43. The van der Waals surface area contributed by atoms with Crippen LogP contribution >= 0.6 is 23.1 Å². The van der Waals surface area contributed by atoms with Crippen molar-refractivity contribution in [2.75, 3.05) is 5.75 Å². The van der Waals surface area contributed by atoms with Crippen molar-refractivity contribution in [2.45, 2.75) is 31.5 Å². The first-order valence-electron chi connectivity index (χ1n) is 8.22. The number of hydrogen-bond donors (Lipinski definition) is 0. The van der Waals surface area contributed by atoms with Crippen LogP contribution in [0.1, 0.15) is 23.5 Å². The summed E-state index contributed by atoms with van der Waals surface area (Å²) in [5.74, 6) is -0.749. The van der Waals surface area contributed by atoms with Crippen LogP contribution in [-0.4, -0.2) is 26.1 Å². The fourth-order valence-corrected chi connectivity index (χ4v) is 4.42. The van der Waals surface area contributed by atoms with Gasteiger partial charge in [-0.05, 0) is 19.4 Å². The van der Waals surface area contributed by atoms with Crippen molar-refractivity contribution < 1.29 is 4.79 Å². The van der Waals surface area contributed by atoms with Crippen molar-refractivity contribution in [3.8, 4) is 17.3 Å². The highest BCUT2D eigenvalue weighted by molar-refractivity contribution is 7.99. The Morgan fingerprint density at radius 2 is 2.15 bits per heavy atom. The first-order chi connectivity index (χ1) is 12.6. The van der Waals surface area contributed by atoms with Crippen LogP contribution in [0.15, 0.2) is 47.1 Å². The van der Waals surface area contributed by atoms with Gasteiger partial charge in [0.1, 0.15) is 5.01 Å². The van der Waals surface area contributed by atoms with Crippen LogP contribution in [0.5, 0.6) is 0 Å². The van der Waals surface area contributed by atoms with E-state index in [0.29, 0.717) is 5.01 Å². The first kappa shape index (κ1) is 18.4. The summed E-state index contributed by atoms with van der Waals surface area (Å²) < 4.78 is 2.09. The Bertz CT molecular complexity index is 940. The summed E-state index contributed by atoms with van der Waals surface area (Å²) in [7, 11) is 0. The van der Waals surface area contributed by atoms with Gasteiger partial charge in [-0.3, -0.25) is 4.79 Å². The van der Waals surface area contributed by atoms with Crippen LogP contribution < -0.4 is 0 Å². The molecule has 0 aliphatic heterocycles. The first-order valence-corrected chi connectivity index (χ1v) is 10.1. The molecular weight excluding hydrogens is 364 g/mol. The van der Waals surface area contributed by atoms with Gasteiger partial charge in [-0.1, -0.05) is 42.1 Å². The van der Waals surface area contributed by atoms with Gasteiger partial charge in [0.05, 0.1) is 23.7 Å². The van der Waals surface area contributed by atoms with Crippen molar-refractivity contribution in [1.29, 1.82) is 5.26 Å². The molecule has 0 spiro atoms. The van der Waals surface area contributed by atoms with E-state index in [0.717, 1.165) is 28.7 Å². The molecule has 0 fully saturated rings. The molecule has 0 saturated carbocycles.